The predicted octanol–water partition coefficient (Wildman–Crippen LogP) is 6.87. The number of nitrogen functional groups attached to an aromatic ring is 1. The molecule has 6 nitrogen and oxygen atoms in total. The van der Waals surface area contributed by atoms with Crippen LogP contribution in [-0.4, -0.2) is 34.2 Å². The first kappa shape index (κ1) is 24.9. The molecule has 4 aromatic carbocycles. The topological polar surface area (TPSA) is 73.4 Å². The lowest BCUT2D eigenvalue weighted by atomic mass is 9.94. The molecular formula is C32H27BrN4O2. The van der Waals surface area contributed by atoms with E-state index in [2.05, 4.69) is 65.0 Å². The molecule has 0 spiro atoms. The number of aromatic nitrogens is 2. The summed E-state index contributed by atoms with van der Waals surface area (Å²) in [7, 11) is 1.67. The molecule has 1 amide bonds. The number of hydrogen-bond donors (Lipinski definition) is 1. The average molecular weight is 579 g/mol. The van der Waals surface area contributed by atoms with Crippen molar-refractivity contribution in [3.8, 4) is 28.1 Å². The quantitative estimate of drug-likeness (QED) is 0.214. The minimum absolute atomic E-state index is 0.0664. The lowest BCUT2D eigenvalue weighted by Crippen LogP contribution is -2.25. The van der Waals surface area contributed by atoms with Gasteiger partial charge in [0, 0.05) is 27.7 Å². The van der Waals surface area contributed by atoms with Crippen LogP contribution in [0, 0.1) is 0 Å². The van der Waals surface area contributed by atoms with E-state index in [0.717, 1.165) is 54.6 Å². The van der Waals surface area contributed by atoms with Gasteiger partial charge in [-0.15, -0.1) is 0 Å². The van der Waals surface area contributed by atoms with Crippen LogP contribution in [-0.2, 0) is 13.1 Å². The highest BCUT2D eigenvalue weighted by molar-refractivity contribution is 9.11. The Balaban J connectivity index is 1.47. The van der Waals surface area contributed by atoms with Crippen molar-refractivity contribution in [1.82, 2.24) is 14.7 Å². The van der Waals surface area contributed by atoms with Crippen LogP contribution in [0.1, 0.15) is 21.5 Å². The summed E-state index contributed by atoms with van der Waals surface area (Å²) >= 11 is 3.39. The molecule has 1 aliphatic rings. The van der Waals surface area contributed by atoms with Crippen molar-refractivity contribution in [2.24, 2.45) is 0 Å². The molecule has 0 atom stereocenters. The maximum absolute atomic E-state index is 13.2. The van der Waals surface area contributed by atoms with Gasteiger partial charge in [-0.05, 0) is 52.6 Å². The van der Waals surface area contributed by atoms with Gasteiger partial charge in [-0.25, -0.2) is 0 Å². The number of methoxy groups -OCH3 is 1. The van der Waals surface area contributed by atoms with Gasteiger partial charge >= 0.3 is 0 Å². The summed E-state index contributed by atoms with van der Waals surface area (Å²) in [6.45, 7) is 5.46. The smallest absolute Gasteiger partial charge is 0.256 e. The van der Waals surface area contributed by atoms with Gasteiger partial charge in [0.05, 0.1) is 31.3 Å². The summed E-state index contributed by atoms with van der Waals surface area (Å²) in [6.07, 6.45) is 0. The fourth-order valence-corrected chi connectivity index (χ4v) is 5.59. The number of nitrogens with two attached hydrogens (primary N) is 1. The Bertz CT molecular complexity index is 1730. The second-order valence-electron chi connectivity index (χ2n) is 9.69. The Morgan fingerprint density at radius 1 is 1.03 bits per heavy atom. The van der Waals surface area contributed by atoms with Crippen LogP contribution in [0.2, 0.25) is 0 Å². The van der Waals surface area contributed by atoms with E-state index in [1.54, 1.807) is 12.0 Å². The van der Waals surface area contributed by atoms with Crippen LogP contribution in [0.3, 0.4) is 0 Å². The molecule has 0 fully saturated rings. The maximum Gasteiger partial charge on any atom is 0.256 e. The maximum atomic E-state index is 13.2. The fraction of sp³-hybridized carbons (Fsp3) is 0.125. The van der Waals surface area contributed by atoms with Crippen molar-refractivity contribution in [3.63, 3.8) is 0 Å². The van der Waals surface area contributed by atoms with E-state index in [-0.39, 0.29) is 5.91 Å². The molecule has 0 saturated heterocycles. The molecule has 2 N–H and O–H groups in total. The highest BCUT2D eigenvalue weighted by Crippen LogP contribution is 2.39. The van der Waals surface area contributed by atoms with Crippen molar-refractivity contribution in [2.75, 3.05) is 19.4 Å². The second kappa shape index (κ2) is 10.1. The van der Waals surface area contributed by atoms with E-state index < -0.39 is 0 Å². The van der Waals surface area contributed by atoms with Crippen LogP contribution in [0.15, 0.2) is 96.0 Å². The third kappa shape index (κ3) is 4.59. The van der Waals surface area contributed by atoms with Crippen molar-refractivity contribution in [3.05, 3.63) is 113 Å². The Morgan fingerprint density at radius 3 is 2.51 bits per heavy atom. The van der Waals surface area contributed by atoms with Crippen LogP contribution in [0.4, 0.5) is 5.69 Å². The van der Waals surface area contributed by atoms with E-state index in [1.165, 1.54) is 0 Å². The number of rotatable bonds is 7. The summed E-state index contributed by atoms with van der Waals surface area (Å²) < 4.78 is 8.11. The zero-order valence-electron chi connectivity index (χ0n) is 21.5. The number of benzene rings is 4. The Morgan fingerprint density at radius 2 is 1.79 bits per heavy atom. The Kier molecular flexibility index (Phi) is 6.45. The Labute approximate surface area is 235 Å². The molecule has 0 aliphatic carbocycles. The number of ether oxygens (including phenoxy) is 1. The standard InChI is InChI=1S/C32H27BrN4O2/c1-20(33)17-36-19-27-25(13-14-28(34)30(27)32(36)38)23-10-15-29-26(16-23)31(22-6-4-3-5-7-22)35-37(29)18-21-8-11-24(39-2)12-9-21/h3-16H,1,17-19,34H2,2H3. The first-order valence-electron chi connectivity index (χ1n) is 12.7. The van der Waals surface area contributed by atoms with E-state index in [9.17, 15) is 4.79 Å². The number of fused-ring (bicyclic) bond motifs is 2. The summed E-state index contributed by atoms with van der Waals surface area (Å²) in [5, 5.41) is 6.11. The summed E-state index contributed by atoms with van der Waals surface area (Å²) in [5.74, 6) is 0.760. The van der Waals surface area contributed by atoms with Gasteiger partial charge in [0.1, 0.15) is 11.4 Å². The number of carbonyl (C=O) groups excluding carboxylic acids is 1. The van der Waals surface area contributed by atoms with E-state index >= 15 is 0 Å². The molecule has 7 heteroatoms. The average Bonchev–Trinajstić information content (AvgIpc) is 3.47. The van der Waals surface area contributed by atoms with Gasteiger partial charge in [0.25, 0.3) is 5.91 Å². The number of hydrogen-bond acceptors (Lipinski definition) is 4. The second-order valence-corrected chi connectivity index (χ2v) is 10.8. The SMILES string of the molecule is C=C(Br)CN1Cc2c(-c3ccc4c(c3)c(-c3ccccc3)nn4Cc3ccc(OC)cc3)ccc(N)c2C1=O. The van der Waals surface area contributed by atoms with E-state index in [0.29, 0.717) is 30.9 Å². The lowest BCUT2D eigenvalue weighted by molar-refractivity contribution is 0.0796. The molecule has 2 heterocycles. The summed E-state index contributed by atoms with van der Waals surface area (Å²) in [5.41, 5.74) is 14.5. The zero-order valence-corrected chi connectivity index (χ0v) is 23.1. The van der Waals surface area contributed by atoms with Gasteiger partial charge in [-0.3, -0.25) is 9.48 Å². The number of anilines is 1. The molecule has 0 saturated carbocycles. The molecule has 1 aromatic heterocycles. The normalized spacial score (nSPS) is 12.7. The highest BCUT2D eigenvalue weighted by atomic mass is 79.9. The van der Waals surface area contributed by atoms with Crippen molar-refractivity contribution < 1.29 is 9.53 Å². The molecule has 6 rings (SSSR count). The van der Waals surface area contributed by atoms with Crippen LogP contribution in [0.5, 0.6) is 5.75 Å². The van der Waals surface area contributed by atoms with Crippen molar-refractivity contribution >= 4 is 38.4 Å². The fourth-order valence-electron chi connectivity index (χ4n) is 5.29. The largest absolute Gasteiger partial charge is 0.497 e. The van der Waals surface area contributed by atoms with Gasteiger partial charge in [-0.2, -0.15) is 5.10 Å². The minimum Gasteiger partial charge on any atom is -0.497 e. The molecule has 194 valence electrons. The van der Waals surface area contributed by atoms with E-state index in [1.807, 2.05) is 47.1 Å². The number of nitrogens with zero attached hydrogens (tertiary/aromatic N) is 3. The Hall–Kier alpha value is -4.36. The number of amides is 1. The van der Waals surface area contributed by atoms with Crippen LogP contribution in [0.25, 0.3) is 33.3 Å². The highest BCUT2D eigenvalue weighted by Gasteiger charge is 2.32. The molecule has 0 bridgehead atoms. The van der Waals surface area contributed by atoms with Crippen molar-refractivity contribution in [1.29, 1.82) is 0 Å². The molecule has 1 aliphatic heterocycles. The van der Waals surface area contributed by atoms with Crippen molar-refractivity contribution in [2.45, 2.75) is 13.1 Å². The summed E-state index contributed by atoms with van der Waals surface area (Å²) in [4.78, 5) is 14.9. The molecular weight excluding hydrogens is 552 g/mol. The van der Waals surface area contributed by atoms with E-state index in [4.69, 9.17) is 15.6 Å². The third-order valence-corrected chi connectivity index (χ3v) is 7.41. The third-order valence-electron chi connectivity index (χ3n) is 7.16. The monoisotopic (exact) mass is 578 g/mol. The van der Waals surface area contributed by atoms with Crippen LogP contribution >= 0.6 is 15.9 Å². The summed E-state index contributed by atoms with van der Waals surface area (Å²) in [6, 6.07) is 28.5. The predicted molar refractivity (Wildman–Crippen MR) is 160 cm³/mol. The molecule has 0 radical (unpaired) electrons. The van der Waals surface area contributed by atoms with Gasteiger partial charge in [0.2, 0.25) is 0 Å². The zero-order chi connectivity index (χ0) is 27.1. The van der Waals surface area contributed by atoms with Gasteiger partial charge in [-0.1, -0.05) is 77.1 Å². The molecule has 39 heavy (non-hydrogen) atoms. The number of halogens is 1. The first-order chi connectivity index (χ1) is 18.9. The molecule has 5 aromatic rings. The molecule has 0 unspecified atom stereocenters. The lowest BCUT2D eigenvalue weighted by Gasteiger charge is -2.14. The minimum atomic E-state index is -0.0664. The van der Waals surface area contributed by atoms with Gasteiger partial charge < -0.3 is 15.4 Å². The van der Waals surface area contributed by atoms with Gasteiger partial charge in [0.15, 0.2) is 0 Å². The first-order valence-corrected chi connectivity index (χ1v) is 13.5. The number of carbonyl (C=O) groups is 1. The van der Waals surface area contributed by atoms with Crippen LogP contribution < -0.4 is 10.5 Å².